The lowest BCUT2D eigenvalue weighted by molar-refractivity contribution is 0.231. The summed E-state index contributed by atoms with van der Waals surface area (Å²) in [5.41, 5.74) is 0. The lowest BCUT2D eigenvalue weighted by Gasteiger charge is -2.34. The fraction of sp³-hybridized carbons (Fsp3) is 1.00. The van der Waals surface area contributed by atoms with Crippen LogP contribution in [0.15, 0.2) is 0 Å². The maximum Gasteiger partial charge on any atom is 0.0250 e. The van der Waals surface area contributed by atoms with Crippen LogP contribution in [-0.4, -0.2) is 36.1 Å². The van der Waals surface area contributed by atoms with E-state index in [2.05, 4.69) is 17.1 Å². The van der Waals surface area contributed by atoms with Crippen molar-refractivity contribution in [3.63, 3.8) is 0 Å². The second-order valence-corrected chi connectivity index (χ2v) is 6.18. The third-order valence-corrected chi connectivity index (χ3v) is 5.15. The molecule has 1 N–H and O–H groups in total. The molecule has 3 fully saturated rings. The van der Waals surface area contributed by atoms with Crippen LogP contribution in [0.4, 0.5) is 0 Å². The van der Waals surface area contributed by atoms with Gasteiger partial charge in [0.05, 0.1) is 0 Å². The summed E-state index contributed by atoms with van der Waals surface area (Å²) in [7, 11) is 0. The molecule has 0 bridgehead atoms. The lowest BCUT2D eigenvalue weighted by atomic mass is 9.85. The monoisotopic (exact) mass is 222 g/mol. The molecular formula is C14H26N2. The van der Waals surface area contributed by atoms with E-state index in [4.69, 9.17) is 0 Å². The lowest BCUT2D eigenvalue weighted by Crippen LogP contribution is -2.47. The van der Waals surface area contributed by atoms with E-state index in [0.29, 0.717) is 0 Å². The van der Waals surface area contributed by atoms with E-state index in [1.165, 1.54) is 58.0 Å². The Kier molecular flexibility index (Phi) is 3.21. The number of rotatable bonds is 2. The first-order valence-corrected chi connectivity index (χ1v) is 7.35. The number of hydrogen-bond donors (Lipinski definition) is 1. The summed E-state index contributed by atoms with van der Waals surface area (Å²) in [4.78, 5) is 2.71. The van der Waals surface area contributed by atoms with Crippen LogP contribution in [0.3, 0.4) is 0 Å². The smallest absolute Gasteiger partial charge is 0.0250 e. The fourth-order valence-corrected chi connectivity index (χ4v) is 4.12. The molecule has 16 heavy (non-hydrogen) atoms. The second-order valence-electron chi connectivity index (χ2n) is 6.18. The Labute approximate surface area is 99.8 Å². The zero-order chi connectivity index (χ0) is 11.0. The molecule has 3 aliphatic rings. The highest BCUT2D eigenvalue weighted by Crippen LogP contribution is 2.30. The molecule has 1 saturated carbocycles. The Balaban J connectivity index is 1.57. The fourth-order valence-electron chi connectivity index (χ4n) is 4.12. The van der Waals surface area contributed by atoms with E-state index in [1.807, 2.05) is 0 Å². The highest BCUT2D eigenvalue weighted by Gasteiger charge is 2.38. The Morgan fingerprint density at radius 1 is 0.875 bits per heavy atom. The summed E-state index contributed by atoms with van der Waals surface area (Å²) in [6.45, 7) is 5.16. The zero-order valence-electron chi connectivity index (χ0n) is 10.6. The van der Waals surface area contributed by atoms with Crippen LogP contribution < -0.4 is 5.32 Å². The quantitative estimate of drug-likeness (QED) is 0.772. The van der Waals surface area contributed by atoms with Crippen LogP contribution in [0, 0.1) is 5.92 Å². The molecule has 0 aromatic carbocycles. The van der Waals surface area contributed by atoms with Crippen molar-refractivity contribution in [1.29, 1.82) is 0 Å². The highest BCUT2D eigenvalue weighted by molar-refractivity contribution is 4.97. The van der Waals surface area contributed by atoms with E-state index >= 15 is 0 Å². The predicted molar refractivity (Wildman–Crippen MR) is 67.6 cm³/mol. The van der Waals surface area contributed by atoms with Crippen molar-refractivity contribution in [2.75, 3.05) is 13.1 Å². The van der Waals surface area contributed by atoms with Gasteiger partial charge < -0.3 is 5.32 Å². The zero-order valence-corrected chi connectivity index (χ0v) is 10.6. The van der Waals surface area contributed by atoms with Gasteiger partial charge in [0, 0.05) is 24.7 Å². The van der Waals surface area contributed by atoms with Gasteiger partial charge in [0.25, 0.3) is 0 Å². The maximum absolute atomic E-state index is 4.00. The molecule has 2 nitrogen and oxygen atoms in total. The topological polar surface area (TPSA) is 15.3 Å². The molecule has 0 amide bonds. The third-order valence-electron chi connectivity index (χ3n) is 5.15. The average Bonchev–Trinajstić information content (AvgIpc) is 2.86. The molecule has 3 rings (SSSR count). The van der Waals surface area contributed by atoms with Crippen molar-refractivity contribution < 1.29 is 0 Å². The predicted octanol–water partition coefficient (Wildman–Crippen LogP) is 2.39. The van der Waals surface area contributed by atoms with E-state index in [9.17, 15) is 0 Å². The normalized spacial score (nSPS) is 44.8. The van der Waals surface area contributed by atoms with Crippen LogP contribution >= 0.6 is 0 Å². The van der Waals surface area contributed by atoms with Crippen molar-refractivity contribution in [3.05, 3.63) is 0 Å². The van der Waals surface area contributed by atoms with Crippen molar-refractivity contribution in [3.8, 4) is 0 Å². The molecule has 0 aromatic rings. The summed E-state index contributed by atoms with van der Waals surface area (Å²) >= 11 is 0. The van der Waals surface area contributed by atoms with E-state index < -0.39 is 0 Å². The highest BCUT2D eigenvalue weighted by atomic mass is 15.2. The molecule has 4 atom stereocenters. The number of nitrogens with zero attached hydrogens (tertiary/aromatic N) is 1. The Morgan fingerprint density at radius 3 is 2.62 bits per heavy atom. The van der Waals surface area contributed by atoms with Gasteiger partial charge in [-0.05, 0) is 44.6 Å². The van der Waals surface area contributed by atoms with Crippen molar-refractivity contribution in [2.45, 2.75) is 70.0 Å². The van der Waals surface area contributed by atoms with Gasteiger partial charge in [0.1, 0.15) is 0 Å². The van der Waals surface area contributed by atoms with Crippen LogP contribution in [0.1, 0.15) is 51.9 Å². The minimum absolute atomic E-state index is 0.813. The van der Waals surface area contributed by atoms with E-state index in [0.717, 1.165) is 24.0 Å². The van der Waals surface area contributed by atoms with Gasteiger partial charge in [-0.25, -0.2) is 0 Å². The van der Waals surface area contributed by atoms with Gasteiger partial charge in [0.2, 0.25) is 0 Å². The van der Waals surface area contributed by atoms with Gasteiger partial charge in [-0.15, -0.1) is 0 Å². The molecule has 2 heterocycles. The minimum atomic E-state index is 0.813. The van der Waals surface area contributed by atoms with Gasteiger partial charge in [-0.3, -0.25) is 4.90 Å². The number of fused-ring (bicyclic) bond motifs is 1. The largest absolute Gasteiger partial charge is 0.309 e. The van der Waals surface area contributed by atoms with Crippen LogP contribution in [0.5, 0.6) is 0 Å². The van der Waals surface area contributed by atoms with Crippen molar-refractivity contribution in [1.82, 2.24) is 10.2 Å². The Morgan fingerprint density at radius 2 is 1.75 bits per heavy atom. The maximum atomic E-state index is 4.00. The number of nitrogens with one attached hydrogen (secondary N) is 1. The molecule has 0 radical (unpaired) electrons. The third kappa shape index (κ3) is 2.02. The SMILES string of the molecule is CC1CCCCC1NC1CCN2CCCC12. The molecular weight excluding hydrogens is 196 g/mol. The molecule has 92 valence electrons. The number of hydrogen-bond acceptors (Lipinski definition) is 2. The van der Waals surface area contributed by atoms with Crippen LogP contribution in [0.2, 0.25) is 0 Å². The first-order chi connectivity index (χ1) is 7.84. The first-order valence-electron chi connectivity index (χ1n) is 7.35. The Hall–Kier alpha value is -0.0800. The minimum Gasteiger partial charge on any atom is -0.309 e. The molecule has 0 spiro atoms. The van der Waals surface area contributed by atoms with Crippen LogP contribution in [-0.2, 0) is 0 Å². The average molecular weight is 222 g/mol. The van der Waals surface area contributed by atoms with Crippen molar-refractivity contribution in [2.24, 2.45) is 5.92 Å². The van der Waals surface area contributed by atoms with Gasteiger partial charge >= 0.3 is 0 Å². The summed E-state index contributed by atoms with van der Waals surface area (Å²) in [6, 6.07) is 2.52. The van der Waals surface area contributed by atoms with Gasteiger partial charge in [-0.1, -0.05) is 19.8 Å². The molecule has 2 saturated heterocycles. The molecule has 0 aromatic heterocycles. The molecule has 1 aliphatic carbocycles. The summed E-state index contributed by atoms with van der Waals surface area (Å²) in [6.07, 6.45) is 10.0. The summed E-state index contributed by atoms with van der Waals surface area (Å²) in [5, 5.41) is 4.00. The Bertz CT molecular complexity index is 241. The van der Waals surface area contributed by atoms with E-state index in [1.54, 1.807) is 0 Å². The summed E-state index contributed by atoms with van der Waals surface area (Å²) in [5.74, 6) is 0.907. The van der Waals surface area contributed by atoms with Crippen LogP contribution in [0.25, 0.3) is 0 Å². The van der Waals surface area contributed by atoms with Gasteiger partial charge in [-0.2, -0.15) is 0 Å². The molecule has 4 unspecified atom stereocenters. The molecule has 2 aliphatic heterocycles. The van der Waals surface area contributed by atoms with E-state index in [-0.39, 0.29) is 0 Å². The van der Waals surface area contributed by atoms with Gasteiger partial charge in [0.15, 0.2) is 0 Å². The van der Waals surface area contributed by atoms with Crippen molar-refractivity contribution >= 4 is 0 Å². The standard InChI is InChI=1S/C14H26N2/c1-11-5-2-3-6-12(11)15-13-8-10-16-9-4-7-14(13)16/h11-15H,2-10H2,1H3. The first kappa shape index (κ1) is 11.0. The molecule has 2 heteroatoms. The summed E-state index contributed by atoms with van der Waals surface area (Å²) < 4.78 is 0. The second kappa shape index (κ2) is 4.66.